The van der Waals surface area contributed by atoms with Gasteiger partial charge in [0.15, 0.2) is 0 Å². The molecule has 0 saturated carbocycles. The van der Waals surface area contributed by atoms with Crippen molar-refractivity contribution >= 4 is 11.4 Å². The molecule has 1 heteroatoms. The second-order valence-corrected chi connectivity index (χ2v) is 5.03. The van der Waals surface area contributed by atoms with E-state index in [1.165, 1.54) is 29.7 Å². The highest BCUT2D eigenvalue weighted by Crippen LogP contribution is 2.21. The highest BCUT2D eigenvalue weighted by molar-refractivity contribution is 5.61. The average Bonchev–Trinajstić information content (AvgIpc) is 2.40. The molecule has 2 rings (SSSR count). The van der Waals surface area contributed by atoms with Crippen molar-refractivity contribution in [2.24, 2.45) is 0 Å². The molecule has 1 nitrogen and oxygen atoms in total. The van der Waals surface area contributed by atoms with Crippen LogP contribution in [0.15, 0.2) is 48.5 Å². The van der Waals surface area contributed by atoms with Crippen LogP contribution in [-0.2, 0) is 12.8 Å². The van der Waals surface area contributed by atoms with Crippen molar-refractivity contribution in [1.29, 1.82) is 0 Å². The fraction of sp³-hybridized carbons (Fsp3) is 0.333. The fourth-order valence-electron chi connectivity index (χ4n) is 2.39. The van der Waals surface area contributed by atoms with E-state index in [1.54, 1.807) is 0 Å². The van der Waals surface area contributed by atoms with Gasteiger partial charge in [0.2, 0.25) is 0 Å². The Kier molecular flexibility index (Phi) is 5.02. The van der Waals surface area contributed by atoms with Crippen molar-refractivity contribution in [1.82, 2.24) is 0 Å². The van der Waals surface area contributed by atoms with Crippen molar-refractivity contribution in [3.05, 3.63) is 59.7 Å². The van der Waals surface area contributed by atoms with Crippen LogP contribution in [0.5, 0.6) is 0 Å². The van der Waals surface area contributed by atoms with Gasteiger partial charge in [0, 0.05) is 11.4 Å². The van der Waals surface area contributed by atoms with Gasteiger partial charge in [-0.3, -0.25) is 0 Å². The van der Waals surface area contributed by atoms with E-state index in [0.29, 0.717) is 0 Å². The molecule has 2 aromatic rings. The number of anilines is 2. The van der Waals surface area contributed by atoms with Gasteiger partial charge in [-0.25, -0.2) is 0 Å². The van der Waals surface area contributed by atoms with Crippen LogP contribution >= 0.6 is 0 Å². The average molecular weight is 253 g/mol. The Morgan fingerprint density at radius 2 is 1.32 bits per heavy atom. The molecular weight excluding hydrogens is 230 g/mol. The monoisotopic (exact) mass is 253 g/mol. The molecule has 0 unspecified atom stereocenters. The Labute approximate surface area is 116 Å². The lowest BCUT2D eigenvalue weighted by atomic mass is 10.0. The lowest BCUT2D eigenvalue weighted by Crippen LogP contribution is -1.95. The standard InChI is InChI=1S/C18H23N/c1-3-8-15-12-16(9-4-2)14-18(13-15)19-17-10-6-5-7-11-17/h5-7,10-14,19H,3-4,8-9H2,1-2H3. The summed E-state index contributed by atoms with van der Waals surface area (Å²) in [5.74, 6) is 0. The number of nitrogens with one attached hydrogen (secondary N) is 1. The van der Waals surface area contributed by atoms with Gasteiger partial charge >= 0.3 is 0 Å². The third-order valence-electron chi connectivity index (χ3n) is 3.19. The van der Waals surface area contributed by atoms with Crippen molar-refractivity contribution in [2.45, 2.75) is 39.5 Å². The first-order valence-electron chi connectivity index (χ1n) is 7.26. The minimum absolute atomic E-state index is 1.15. The molecule has 0 amide bonds. The summed E-state index contributed by atoms with van der Waals surface area (Å²) in [4.78, 5) is 0. The first kappa shape index (κ1) is 13.7. The maximum Gasteiger partial charge on any atom is 0.0389 e. The highest BCUT2D eigenvalue weighted by atomic mass is 14.9. The van der Waals surface area contributed by atoms with E-state index in [9.17, 15) is 0 Å². The molecule has 1 N–H and O–H groups in total. The van der Waals surface area contributed by atoms with Crippen LogP contribution in [0, 0.1) is 0 Å². The normalized spacial score (nSPS) is 10.4. The van der Waals surface area contributed by atoms with Crippen LogP contribution in [0.3, 0.4) is 0 Å². The van der Waals surface area contributed by atoms with Gasteiger partial charge in [0.25, 0.3) is 0 Å². The largest absolute Gasteiger partial charge is 0.356 e. The van der Waals surface area contributed by atoms with Gasteiger partial charge in [-0.05, 0) is 48.2 Å². The first-order chi connectivity index (χ1) is 9.31. The molecule has 0 aliphatic heterocycles. The Bertz CT molecular complexity index is 478. The molecule has 0 atom stereocenters. The van der Waals surface area contributed by atoms with E-state index >= 15 is 0 Å². The second-order valence-electron chi connectivity index (χ2n) is 5.03. The van der Waals surface area contributed by atoms with E-state index < -0.39 is 0 Å². The Hall–Kier alpha value is -1.76. The Morgan fingerprint density at radius 1 is 0.737 bits per heavy atom. The zero-order chi connectivity index (χ0) is 13.5. The summed E-state index contributed by atoms with van der Waals surface area (Å²) in [5.41, 5.74) is 5.23. The third-order valence-corrected chi connectivity index (χ3v) is 3.19. The minimum Gasteiger partial charge on any atom is -0.356 e. The quantitative estimate of drug-likeness (QED) is 0.733. The van der Waals surface area contributed by atoms with Crippen molar-refractivity contribution in [3.63, 3.8) is 0 Å². The van der Waals surface area contributed by atoms with Gasteiger partial charge < -0.3 is 5.32 Å². The highest BCUT2D eigenvalue weighted by Gasteiger charge is 2.01. The molecular formula is C18H23N. The summed E-state index contributed by atoms with van der Waals surface area (Å²) in [6, 6.07) is 17.3. The summed E-state index contributed by atoms with van der Waals surface area (Å²) in [6.45, 7) is 4.47. The predicted molar refractivity (Wildman–Crippen MR) is 84.2 cm³/mol. The van der Waals surface area contributed by atoms with Crippen molar-refractivity contribution in [3.8, 4) is 0 Å². The molecule has 0 aromatic heterocycles. The molecule has 0 bridgehead atoms. The number of benzene rings is 2. The number of rotatable bonds is 6. The van der Waals surface area contributed by atoms with Crippen LogP contribution in [0.1, 0.15) is 37.8 Å². The molecule has 0 radical (unpaired) electrons. The summed E-state index contributed by atoms with van der Waals surface area (Å²) < 4.78 is 0. The topological polar surface area (TPSA) is 12.0 Å². The van der Waals surface area contributed by atoms with Crippen LogP contribution < -0.4 is 5.32 Å². The molecule has 0 heterocycles. The van der Waals surface area contributed by atoms with Gasteiger partial charge in [-0.15, -0.1) is 0 Å². The summed E-state index contributed by atoms with van der Waals surface area (Å²) in [5, 5.41) is 3.50. The van der Waals surface area contributed by atoms with Crippen molar-refractivity contribution in [2.75, 3.05) is 5.32 Å². The zero-order valence-corrected chi connectivity index (χ0v) is 11.9. The Balaban J connectivity index is 2.23. The molecule has 0 spiro atoms. The Morgan fingerprint density at radius 3 is 1.84 bits per heavy atom. The van der Waals surface area contributed by atoms with Crippen molar-refractivity contribution < 1.29 is 0 Å². The molecule has 2 aromatic carbocycles. The lowest BCUT2D eigenvalue weighted by molar-refractivity contribution is 0.896. The maximum absolute atomic E-state index is 3.50. The van der Waals surface area contributed by atoms with E-state index in [2.05, 4.69) is 61.6 Å². The molecule has 0 aliphatic carbocycles. The van der Waals surface area contributed by atoms with E-state index in [-0.39, 0.29) is 0 Å². The van der Waals surface area contributed by atoms with E-state index in [0.717, 1.165) is 18.5 Å². The van der Waals surface area contributed by atoms with Crippen LogP contribution in [0.25, 0.3) is 0 Å². The first-order valence-corrected chi connectivity index (χ1v) is 7.26. The lowest BCUT2D eigenvalue weighted by Gasteiger charge is -2.11. The fourth-order valence-corrected chi connectivity index (χ4v) is 2.39. The number of para-hydroxylation sites is 1. The van der Waals surface area contributed by atoms with Crippen LogP contribution in [0.4, 0.5) is 11.4 Å². The summed E-state index contributed by atoms with van der Waals surface area (Å²) in [7, 11) is 0. The smallest absolute Gasteiger partial charge is 0.0389 e. The predicted octanol–water partition coefficient (Wildman–Crippen LogP) is 5.34. The third kappa shape index (κ3) is 4.13. The van der Waals surface area contributed by atoms with Gasteiger partial charge in [0.1, 0.15) is 0 Å². The van der Waals surface area contributed by atoms with Gasteiger partial charge in [-0.2, -0.15) is 0 Å². The van der Waals surface area contributed by atoms with Gasteiger partial charge in [-0.1, -0.05) is 51.0 Å². The van der Waals surface area contributed by atoms with Gasteiger partial charge in [0.05, 0.1) is 0 Å². The maximum atomic E-state index is 3.50. The van der Waals surface area contributed by atoms with Crippen LogP contribution in [-0.4, -0.2) is 0 Å². The number of hydrogen-bond acceptors (Lipinski definition) is 1. The SMILES string of the molecule is CCCc1cc(CCC)cc(Nc2ccccc2)c1. The minimum atomic E-state index is 1.15. The number of hydrogen-bond donors (Lipinski definition) is 1. The van der Waals surface area contributed by atoms with E-state index in [4.69, 9.17) is 0 Å². The summed E-state index contributed by atoms with van der Waals surface area (Å²) >= 11 is 0. The zero-order valence-electron chi connectivity index (χ0n) is 11.9. The molecule has 100 valence electrons. The second kappa shape index (κ2) is 6.98. The molecule has 0 aliphatic rings. The summed E-state index contributed by atoms with van der Waals surface area (Å²) in [6.07, 6.45) is 4.70. The molecule has 0 fully saturated rings. The molecule has 19 heavy (non-hydrogen) atoms. The van der Waals surface area contributed by atoms with Crippen LogP contribution in [0.2, 0.25) is 0 Å². The number of aryl methyl sites for hydroxylation is 2. The van der Waals surface area contributed by atoms with E-state index in [1.807, 2.05) is 6.07 Å². The molecule has 0 saturated heterocycles.